The van der Waals surface area contributed by atoms with Crippen molar-refractivity contribution in [3.05, 3.63) is 0 Å². The van der Waals surface area contributed by atoms with E-state index in [1.165, 1.54) is 38.5 Å². The van der Waals surface area contributed by atoms with Crippen LogP contribution >= 0.6 is 12.4 Å². The summed E-state index contributed by atoms with van der Waals surface area (Å²) in [4.78, 5) is 14.7. The Morgan fingerprint density at radius 2 is 1.81 bits per heavy atom. The van der Waals surface area contributed by atoms with Crippen LogP contribution in [-0.2, 0) is 4.79 Å². The number of halogens is 1. The van der Waals surface area contributed by atoms with Crippen LogP contribution in [0.15, 0.2) is 0 Å². The summed E-state index contributed by atoms with van der Waals surface area (Å²) in [6.07, 6.45) is 11.9. The number of nitrogens with two attached hydrogens (primary N) is 1. The molecule has 0 aromatic carbocycles. The molecule has 2 atom stereocenters. The van der Waals surface area contributed by atoms with Gasteiger partial charge in [-0.1, -0.05) is 32.6 Å². The molecule has 2 aliphatic rings. The molecule has 2 fully saturated rings. The van der Waals surface area contributed by atoms with Crippen LogP contribution in [0.25, 0.3) is 0 Å². The molecule has 3 nitrogen and oxygen atoms in total. The third-order valence-electron chi connectivity index (χ3n) is 5.20. The fourth-order valence-electron chi connectivity index (χ4n) is 3.94. The number of hydrogen-bond acceptors (Lipinski definition) is 2. The van der Waals surface area contributed by atoms with E-state index in [9.17, 15) is 4.79 Å². The van der Waals surface area contributed by atoms with Gasteiger partial charge >= 0.3 is 0 Å². The van der Waals surface area contributed by atoms with Gasteiger partial charge in [-0.3, -0.25) is 4.79 Å². The molecule has 0 radical (unpaired) electrons. The molecule has 124 valence electrons. The molecule has 0 aromatic rings. The highest BCUT2D eigenvalue weighted by atomic mass is 35.5. The van der Waals surface area contributed by atoms with Gasteiger partial charge < -0.3 is 10.6 Å². The zero-order chi connectivity index (χ0) is 14.4. The Labute approximate surface area is 136 Å². The van der Waals surface area contributed by atoms with E-state index in [2.05, 4.69) is 11.8 Å². The van der Waals surface area contributed by atoms with Crippen LogP contribution in [0.3, 0.4) is 0 Å². The molecule has 0 saturated heterocycles. The molecule has 0 heterocycles. The van der Waals surface area contributed by atoms with Crippen LogP contribution in [0, 0.1) is 11.8 Å². The van der Waals surface area contributed by atoms with E-state index in [0.29, 0.717) is 18.2 Å². The first kappa shape index (κ1) is 18.8. The van der Waals surface area contributed by atoms with Gasteiger partial charge in [-0.15, -0.1) is 12.4 Å². The van der Waals surface area contributed by atoms with Gasteiger partial charge in [0, 0.05) is 25.6 Å². The van der Waals surface area contributed by atoms with Crippen LogP contribution in [0.5, 0.6) is 0 Å². The molecule has 0 bridgehead atoms. The standard InChI is InChI=1S/C17H32N2O.ClH/c1-2-11-19(13-14-7-4-3-5-8-14)17(20)12-15-9-6-10-16(15)18;/h14-16H,2-13,18H2,1H3;1H/t15-,16+;/m0./s1. The van der Waals surface area contributed by atoms with E-state index in [1.807, 2.05) is 0 Å². The largest absolute Gasteiger partial charge is 0.342 e. The SMILES string of the molecule is CCCN(CC1CCCCC1)C(=O)C[C@@H]1CCC[C@H]1N.Cl. The van der Waals surface area contributed by atoms with Gasteiger partial charge in [0.1, 0.15) is 0 Å². The van der Waals surface area contributed by atoms with Crippen molar-refractivity contribution in [1.82, 2.24) is 4.90 Å². The van der Waals surface area contributed by atoms with Crippen LogP contribution < -0.4 is 5.73 Å². The highest BCUT2D eigenvalue weighted by molar-refractivity contribution is 5.85. The van der Waals surface area contributed by atoms with Gasteiger partial charge in [-0.2, -0.15) is 0 Å². The lowest BCUT2D eigenvalue weighted by molar-refractivity contribution is -0.133. The molecule has 2 saturated carbocycles. The molecule has 1 amide bonds. The molecule has 4 heteroatoms. The maximum absolute atomic E-state index is 12.6. The predicted molar refractivity (Wildman–Crippen MR) is 90.6 cm³/mol. The van der Waals surface area contributed by atoms with Crippen LogP contribution in [0.2, 0.25) is 0 Å². The smallest absolute Gasteiger partial charge is 0.222 e. The zero-order valence-electron chi connectivity index (χ0n) is 13.6. The van der Waals surface area contributed by atoms with E-state index >= 15 is 0 Å². The van der Waals surface area contributed by atoms with Gasteiger partial charge in [-0.25, -0.2) is 0 Å². The van der Waals surface area contributed by atoms with E-state index in [-0.39, 0.29) is 18.4 Å². The summed E-state index contributed by atoms with van der Waals surface area (Å²) in [5.41, 5.74) is 6.11. The summed E-state index contributed by atoms with van der Waals surface area (Å²) >= 11 is 0. The summed E-state index contributed by atoms with van der Waals surface area (Å²) in [5, 5.41) is 0. The number of hydrogen-bond donors (Lipinski definition) is 1. The maximum Gasteiger partial charge on any atom is 0.222 e. The Kier molecular flexibility index (Phi) is 8.65. The molecule has 0 aliphatic heterocycles. The first-order valence-corrected chi connectivity index (χ1v) is 8.74. The second-order valence-corrected chi connectivity index (χ2v) is 6.90. The number of carbonyl (C=O) groups excluding carboxylic acids is 1. The Morgan fingerprint density at radius 1 is 1.10 bits per heavy atom. The van der Waals surface area contributed by atoms with E-state index in [1.54, 1.807) is 0 Å². The predicted octanol–water partition coefficient (Wildman–Crippen LogP) is 3.74. The molecule has 2 aliphatic carbocycles. The second kappa shape index (κ2) is 9.68. The Morgan fingerprint density at radius 3 is 2.38 bits per heavy atom. The molecule has 0 aromatic heterocycles. The molecule has 21 heavy (non-hydrogen) atoms. The summed E-state index contributed by atoms with van der Waals surface area (Å²) in [5.74, 6) is 1.55. The Hall–Kier alpha value is -0.280. The maximum atomic E-state index is 12.6. The van der Waals surface area contributed by atoms with Crippen LogP contribution in [0.4, 0.5) is 0 Å². The van der Waals surface area contributed by atoms with E-state index < -0.39 is 0 Å². The van der Waals surface area contributed by atoms with Crippen molar-refractivity contribution in [2.75, 3.05) is 13.1 Å². The summed E-state index contributed by atoms with van der Waals surface area (Å²) < 4.78 is 0. The van der Waals surface area contributed by atoms with Crippen LogP contribution in [-0.4, -0.2) is 29.9 Å². The molecule has 0 spiro atoms. The minimum absolute atomic E-state index is 0. The first-order chi connectivity index (χ1) is 9.70. The average molecular weight is 317 g/mol. The van der Waals surface area contributed by atoms with Crippen molar-refractivity contribution in [2.45, 2.75) is 77.2 Å². The lowest BCUT2D eigenvalue weighted by atomic mass is 9.88. The lowest BCUT2D eigenvalue weighted by Gasteiger charge is -2.30. The lowest BCUT2D eigenvalue weighted by Crippen LogP contribution is -2.39. The third-order valence-corrected chi connectivity index (χ3v) is 5.20. The van der Waals surface area contributed by atoms with Crippen molar-refractivity contribution < 1.29 is 4.79 Å². The number of amides is 1. The highest BCUT2D eigenvalue weighted by Crippen LogP contribution is 2.29. The van der Waals surface area contributed by atoms with Crippen molar-refractivity contribution >= 4 is 18.3 Å². The number of nitrogens with zero attached hydrogens (tertiary/aromatic N) is 1. The Balaban J connectivity index is 0.00000220. The van der Waals surface area contributed by atoms with Gasteiger partial charge in [0.05, 0.1) is 0 Å². The van der Waals surface area contributed by atoms with Crippen molar-refractivity contribution in [3.63, 3.8) is 0 Å². The quantitative estimate of drug-likeness (QED) is 0.811. The normalized spacial score (nSPS) is 26.4. The van der Waals surface area contributed by atoms with Gasteiger partial charge in [0.25, 0.3) is 0 Å². The number of rotatable bonds is 6. The van der Waals surface area contributed by atoms with Crippen molar-refractivity contribution in [3.8, 4) is 0 Å². The van der Waals surface area contributed by atoms with E-state index in [4.69, 9.17) is 5.73 Å². The summed E-state index contributed by atoms with van der Waals surface area (Å²) in [6.45, 7) is 4.09. The molecular formula is C17H33ClN2O. The minimum atomic E-state index is 0. The van der Waals surface area contributed by atoms with Crippen molar-refractivity contribution in [2.24, 2.45) is 17.6 Å². The number of carbonyl (C=O) groups is 1. The Bertz CT molecular complexity index is 305. The summed E-state index contributed by atoms with van der Waals surface area (Å²) in [7, 11) is 0. The van der Waals surface area contributed by atoms with Crippen LogP contribution in [0.1, 0.15) is 71.1 Å². The van der Waals surface area contributed by atoms with Gasteiger partial charge in [-0.05, 0) is 43.9 Å². The van der Waals surface area contributed by atoms with Gasteiger partial charge in [0.2, 0.25) is 5.91 Å². The molecule has 2 N–H and O–H groups in total. The second-order valence-electron chi connectivity index (χ2n) is 6.90. The highest BCUT2D eigenvalue weighted by Gasteiger charge is 2.28. The van der Waals surface area contributed by atoms with Crippen molar-refractivity contribution in [1.29, 1.82) is 0 Å². The van der Waals surface area contributed by atoms with Gasteiger partial charge in [0.15, 0.2) is 0 Å². The fraction of sp³-hybridized carbons (Fsp3) is 0.941. The molecule has 0 unspecified atom stereocenters. The first-order valence-electron chi connectivity index (χ1n) is 8.74. The monoisotopic (exact) mass is 316 g/mol. The summed E-state index contributed by atoms with van der Waals surface area (Å²) in [6, 6.07) is 0.261. The fourth-order valence-corrected chi connectivity index (χ4v) is 3.94. The topological polar surface area (TPSA) is 46.3 Å². The zero-order valence-corrected chi connectivity index (χ0v) is 14.4. The third kappa shape index (κ3) is 5.78. The van der Waals surface area contributed by atoms with E-state index in [0.717, 1.165) is 38.3 Å². The molecular weight excluding hydrogens is 284 g/mol. The minimum Gasteiger partial charge on any atom is -0.342 e. The average Bonchev–Trinajstić information content (AvgIpc) is 2.85. The molecule has 2 rings (SSSR count).